The number of benzene rings is 2. The molecule has 0 bridgehead atoms. The second kappa shape index (κ2) is 15.3. The number of aliphatic carboxylic acids is 1. The van der Waals surface area contributed by atoms with Gasteiger partial charge in [-0.3, -0.25) is 24.3 Å². The Morgan fingerprint density at radius 3 is 2.31 bits per heavy atom. The van der Waals surface area contributed by atoms with Crippen molar-refractivity contribution in [2.45, 2.75) is 64.1 Å². The first-order valence-corrected chi connectivity index (χ1v) is 15.5. The van der Waals surface area contributed by atoms with Crippen LogP contribution in [-0.4, -0.2) is 106 Å². The molecule has 3 atom stereocenters. The Hall–Kier alpha value is -3.20. The lowest BCUT2D eigenvalue weighted by atomic mass is 9.92. The quantitative estimate of drug-likeness (QED) is 0.260. The number of carbonyl (C=O) groups is 2. The second-order valence-electron chi connectivity index (χ2n) is 12.0. The van der Waals surface area contributed by atoms with Crippen LogP contribution in [0.1, 0.15) is 73.5 Å². The number of carboxylic acid groups (broad SMARTS) is 1. The third-order valence-electron chi connectivity index (χ3n) is 8.77. The Balaban J connectivity index is 1.43. The second-order valence-corrected chi connectivity index (χ2v) is 12.0. The summed E-state index contributed by atoms with van der Waals surface area (Å²) in [5.74, 6) is -0.409. The molecule has 8 heteroatoms. The van der Waals surface area contributed by atoms with Gasteiger partial charge in [0.05, 0.1) is 6.04 Å². The normalized spacial score (nSPS) is 21.2. The van der Waals surface area contributed by atoms with E-state index in [1.165, 1.54) is 0 Å². The number of carboxylic acids is 1. The molecule has 2 N–H and O–H groups in total. The lowest BCUT2D eigenvalue weighted by Crippen LogP contribution is -2.57. The third kappa shape index (κ3) is 8.43. The van der Waals surface area contributed by atoms with Crippen LogP contribution >= 0.6 is 0 Å². The Kier molecular flexibility index (Phi) is 11.6. The number of aromatic hydroxyl groups is 1. The van der Waals surface area contributed by atoms with Crippen molar-refractivity contribution in [3.8, 4) is 5.75 Å². The molecule has 4 rings (SSSR count). The predicted octanol–water partition coefficient (Wildman–Crippen LogP) is 4.86. The SMILES string of the molecule is C=CCN1C[C@H](C)N(C(c2cccc(O)c2)c2cccc(C(=O)N3CCN(CCCCCCC(=O)O)CC3)c2)C[C@H]1C. The van der Waals surface area contributed by atoms with Crippen LogP contribution in [0.15, 0.2) is 61.2 Å². The van der Waals surface area contributed by atoms with E-state index in [1.54, 1.807) is 6.07 Å². The van der Waals surface area contributed by atoms with Gasteiger partial charge in [0.25, 0.3) is 5.91 Å². The highest BCUT2D eigenvalue weighted by Crippen LogP contribution is 2.35. The van der Waals surface area contributed by atoms with Gasteiger partial charge in [0.2, 0.25) is 0 Å². The number of phenols is 1. The van der Waals surface area contributed by atoms with Crippen molar-refractivity contribution in [2.75, 3.05) is 52.4 Å². The molecule has 0 radical (unpaired) electrons. The fraction of sp³-hybridized carbons (Fsp3) is 0.529. The maximum absolute atomic E-state index is 13.7. The standard InChI is InChI=1S/C34H48N4O4/c1-4-16-37-24-27(3)38(25-26(37)2)33(29-12-10-14-31(39)23-29)28-11-9-13-30(22-28)34(42)36-20-18-35(19-21-36)17-8-6-5-7-15-32(40)41/h4,9-14,22-23,26-27,33,39H,1,5-8,15-21,24-25H2,2-3H3,(H,40,41)/t26-,27+,33?/m1/s1. The van der Waals surface area contributed by atoms with E-state index in [9.17, 15) is 14.7 Å². The summed E-state index contributed by atoms with van der Waals surface area (Å²) in [5, 5.41) is 19.1. The van der Waals surface area contributed by atoms with Crippen LogP contribution in [0.25, 0.3) is 0 Å². The average molecular weight is 577 g/mol. The maximum Gasteiger partial charge on any atom is 0.303 e. The van der Waals surface area contributed by atoms with Gasteiger partial charge < -0.3 is 15.1 Å². The largest absolute Gasteiger partial charge is 0.508 e. The molecule has 2 saturated heterocycles. The fourth-order valence-corrected chi connectivity index (χ4v) is 6.44. The molecule has 2 fully saturated rings. The summed E-state index contributed by atoms with van der Waals surface area (Å²) in [5.41, 5.74) is 2.78. The Labute approximate surface area is 251 Å². The van der Waals surface area contributed by atoms with Crippen LogP contribution in [0.2, 0.25) is 0 Å². The van der Waals surface area contributed by atoms with Gasteiger partial charge in [-0.1, -0.05) is 43.2 Å². The fourth-order valence-electron chi connectivity index (χ4n) is 6.44. The molecule has 228 valence electrons. The monoisotopic (exact) mass is 576 g/mol. The van der Waals surface area contributed by atoms with Crippen molar-refractivity contribution in [1.82, 2.24) is 19.6 Å². The molecule has 0 saturated carbocycles. The van der Waals surface area contributed by atoms with E-state index in [1.807, 2.05) is 41.3 Å². The molecular weight excluding hydrogens is 528 g/mol. The minimum Gasteiger partial charge on any atom is -0.508 e. The van der Waals surface area contributed by atoms with Crippen LogP contribution in [-0.2, 0) is 4.79 Å². The topological polar surface area (TPSA) is 87.6 Å². The molecule has 2 heterocycles. The lowest BCUT2D eigenvalue weighted by molar-refractivity contribution is -0.137. The molecule has 42 heavy (non-hydrogen) atoms. The van der Waals surface area contributed by atoms with Gasteiger partial charge in [-0.15, -0.1) is 6.58 Å². The van der Waals surface area contributed by atoms with Gasteiger partial charge in [-0.25, -0.2) is 0 Å². The first-order valence-electron chi connectivity index (χ1n) is 15.5. The van der Waals surface area contributed by atoms with Crippen LogP contribution in [0.3, 0.4) is 0 Å². The smallest absolute Gasteiger partial charge is 0.303 e. The summed E-state index contributed by atoms with van der Waals surface area (Å²) in [6, 6.07) is 16.1. The van der Waals surface area contributed by atoms with Crippen LogP contribution in [0, 0.1) is 0 Å². The van der Waals surface area contributed by atoms with Gasteiger partial charge in [0, 0.05) is 69.9 Å². The van der Waals surface area contributed by atoms with Crippen LogP contribution in [0.4, 0.5) is 0 Å². The number of unbranched alkanes of at least 4 members (excludes halogenated alkanes) is 3. The van der Waals surface area contributed by atoms with E-state index in [0.717, 1.165) is 76.1 Å². The number of rotatable bonds is 13. The number of piperazine rings is 2. The molecule has 2 aliphatic heterocycles. The summed E-state index contributed by atoms with van der Waals surface area (Å²) < 4.78 is 0. The Morgan fingerprint density at radius 1 is 0.929 bits per heavy atom. The molecule has 2 aromatic carbocycles. The average Bonchev–Trinajstić information content (AvgIpc) is 2.97. The van der Waals surface area contributed by atoms with Crippen molar-refractivity contribution >= 4 is 11.9 Å². The van der Waals surface area contributed by atoms with E-state index < -0.39 is 5.97 Å². The first-order chi connectivity index (χ1) is 20.3. The van der Waals surface area contributed by atoms with Gasteiger partial charge in [-0.05, 0) is 68.6 Å². The van der Waals surface area contributed by atoms with Crippen molar-refractivity contribution < 1.29 is 19.8 Å². The number of hydrogen-bond donors (Lipinski definition) is 2. The zero-order chi connectivity index (χ0) is 30.1. The number of nitrogens with zero attached hydrogens (tertiary/aromatic N) is 4. The summed E-state index contributed by atoms with van der Waals surface area (Å²) in [6.07, 6.45) is 6.01. The highest BCUT2D eigenvalue weighted by atomic mass is 16.4. The van der Waals surface area contributed by atoms with E-state index in [-0.39, 0.29) is 30.2 Å². The number of phenolic OH excluding ortho intramolecular Hbond substituents is 1. The molecule has 0 spiro atoms. The molecular formula is C34H48N4O4. The molecule has 2 aromatic rings. The molecule has 0 aromatic heterocycles. The summed E-state index contributed by atoms with van der Waals surface area (Å²) >= 11 is 0. The molecule has 1 amide bonds. The van der Waals surface area contributed by atoms with Gasteiger partial charge >= 0.3 is 5.97 Å². The van der Waals surface area contributed by atoms with E-state index in [4.69, 9.17) is 5.11 Å². The van der Waals surface area contributed by atoms with E-state index in [2.05, 4.69) is 47.3 Å². The van der Waals surface area contributed by atoms with Gasteiger partial charge in [-0.2, -0.15) is 0 Å². The van der Waals surface area contributed by atoms with Crippen LogP contribution in [0.5, 0.6) is 5.75 Å². The summed E-state index contributed by atoms with van der Waals surface area (Å²) in [6.45, 7) is 15.2. The van der Waals surface area contributed by atoms with Crippen molar-refractivity contribution in [3.63, 3.8) is 0 Å². The van der Waals surface area contributed by atoms with Gasteiger partial charge in [0.1, 0.15) is 5.75 Å². The highest BCUT2D eigenvalue weighted by Gasteiger charge is 2.35. The molecule has 0 aliphatic carbocycles. The van der Waals surface area contributed by atoms with Crippen molar-refractivity contribution in [3.05, 3.63) is 77.9 Å². The Bertz CT molecular complexity index is 1200. The number of hydrogen-bond acceptors (Lipinski definition) is 6. The maximum atomic E-state index is 13.7. The lowest BCUT2D eigenvalue weighted by Gasteiger charge is -2.47. The number of amides is 1. The van der Waals surface area contributed by atoms with Crippen LogP contribution < -0.4 is 0 Å². The zero-order valence-electron chi connectivity index (χ0n) is 25.3. The zero-order valence-corrected chi connectivity index (χ0v) is 25.3. The number of carbonyl (C=O) groups excluding carboxylic acids is 1. The van der Waals surface area contributed by atoms with Gasteiger partial charge in [0.15, 0.2) is 0 Å². The minimum absolute atomic E-state index is 0.0667. The summed E-state index contributed by atoms with van der Waals surface area (Å²) in [7, 11) is 0. The van der Waals surface area contributed by atoms with E-state index in [0.29, 0.717) is 24.7 Å². The predicted molar refractivity (Wildman–Crippen MR) is 167 cm³/mol. The van der Waals surface area contributed by atoms with Crippen molar-refractivity contribution in [2.24, 2.45) is 0 Å². The van der Waals surface area contributed by atoms with E-state index >= 15 is 0 Å². The minimum atomic E-state index is -0.720. The first kappa shape index (κ1) is 31.7. The summed E-state index contributed by atoms with van der Waals surface area (Å²) in [4.78, 5) is 33.6. The molecule has 1 unspecified atom stereocenters. The van der Waals surface area contributed by atoms with Crippen molar-refractivity contribution in [1.29, 1.82) is 0 Å². The molecule has 2 aliphatic rings. The Morgan fingerprint density at radius 2 is 1.62 bits per heavy atom. The third-order valence-corrected chi connectivity index (χ3v) is 8.77. The highest BCUT2D eigenvalue weighted by molar-refractivity contribution is 5.94. The molecule has 8 nitrogen and oxygen atoms in total.